The van der Waals surface area contributed by atoms with Gasteiger partial charge in [0.1, 0.15) is 17.3 Å². The first-order valence-electron chi connectivity index (χ1n) is 12.6. The van der Waals surface area contributed by atoms with E-state index in [1.807, 2.05) is 11.9 Å². The average Bonchev–Trinajstić information content (AvgIpc) is 2.95. The van der Waals surface area contributed by atoms with Gasteiger partial charge in [0, 0.05) is 37.8 Å². The topological polar surface area (TPSA) is 125 Å². The van der Waals surface area contributed by atoms with Crippen LogP contribution in [0.1, 0.15) is 24.0 Å². The van der Waals surface area contributed by atoms with Gasteiger partial charge in [-0.05, 0) is 55.7 Å². The second-order valence-corrected chi connectivity index (χ2v) is 11.2. The summed E-state index contributed by atoms with van der Waals surface area (Å²) in [6.07, 6.45) is 1.85. The van der Waals surface area contributed by atoms with Crippen LogP contribution < -0.4 is 18.7 Å². The number of amides is 1. The molecule has 40 heavy (non-hydrogen) atoms. The Hall–Kier alpha value is -4.13. The van der Waals surface area contributed by atoms with Crippen molar-refractivity contribution in [3.63, 3.8) is 0 Å². The molecule has 0 aliphatic carbocycles. The number of aryl methyl sites for hydroxylation is 1. The number of carbonyl (C=O) groups is 1. The number of methoxy groups -OCH3 is 2. The molecule has 0 bridgehead atoms. The normalized spacial score (nSPS) is 14.1. The summed E-state index contributed by atoms with van der Waals surface area (Å²) in [5.74, 6) is -0.00584. The van der Waals surface area contributed by atoms with Crippen molar-refractivity contribution in [1.29, 1.82) is 0 Å². The highest BCUT2D eigenvalue weighted by Crippen LogP contribution is 2.32. The molecule has 214 valence electrons. The second kappa shape index (κ2) is 11.9. The highest BCUT2D eigenvalue weighted by Gasteiger charge is 2.31. The third kappa shape index (κ3) is 6.03. The fourth-order valence-electron chi connectivity index (χ4n) is 4.75. The Morgan fingerprint density at radius 2 is 1.88 bits per heavy atom. The third-order valence-electron chi connectivity index (χ3n) is 7.04. The van der Waals surface area contributed by atoms with E-state index in [4.69, 9.17) is 9.47 Å². The zero-order valence-electron chi connectivity index (χ0n) is 22.7. The van der Waals surface area contributed by atoms with Crippen molar-refractivity contribution < 1.29 is 32.2 Å². The summed E-state index contributed by atoms with van der Waals surface area (Å²) < 4.78 is 53.7. The van der Waals surface area contributed by atoms with Gasteiger partial charge in [0.2, 0.25) is 5.95 Å². The number of aromatic nitrogens is 2. The lowest BCUT2D eigenvalue weighted by Gasteiger charge is -2.37. The molecule has 1 aromatic carbocycles. The van der Waals surface area contributed by atoms with Gasteiger partial charge in [-0.25, -0.2) is 19.1 Å². The number of piperidine rings is 1. The van der Waals surface area contributed by atoms with Crippen molar-refractivity contribution in [2.75, 3.05) is 43.6 Å². The fourth-order valence-corrected chi connectivity index (χ4v) is 6.14. The van der Waals surface area contributed by atoms with Gasteiger partial charge in [0.15, 0.2) is 5.03 Å². The van der Waals surface area contributed by atoms with E-state index in [-0.39, 0.29) is 23.4 Å². The molecule has 1 saturated heterocycles. The van der Waals surface area contributed by atoms with Gasteiger partial charge in [0.05, 0.1) is 32.6 Å². The lowest BCUT2D eigenvalue weighted by Crippen LogP contribution is -2.45. The van der Waals surface area contributed by atoms with Gasteiger partial charge in [-0.1, -0.05) is 6.07 Å². The van der Waals surface area contributed by atoms with Crippen molar-refractivity contribution >= 4 is 27.6 Å². The van der Waals surface area contributed by atoms with Gasteiger partial charge in [-0.3, -0.25) is 0 Å². The number of pyridine rings is 2. The van der Waals surface area contributed by atoms with Crippen molar-refractivity contribution in [3.05, 3.63) is 65.7 Å². The summed E-state index contributed by atoms with van der Waals surface area (Å²) in [4.78, 5) is 22.8. The maximum atomic E-state index is 14.1. The molecule has 3 heterocycles. The summed E-state index contributed by atoms with van der Waals surface area (Å²) in [7, 11) is 0.558. The van der Waals surface area contributed by atoms with E-state index in [2.05, 4.69) is 9.97 Å². The monoisotopic (exact) mass is 573 g/mol. The van der Waals surface area contributed by atoms with Crippen LogP contribution in [0.25, 0.3) is 0 Å². The Morgan fingerprint density at radius 3 is 2.48 bits per heavy atom. The first kappa shape index (κ1) is 28.9. The van der Waals surface area contributed by atoms with E-state index in [9.17, 15) is 22.7 Å². The van der Waals surface area contributed by atoms with Crippen LogP contribution in [-0.2, 0) is 16.6 Å². The van der Waals surface area contributed by atoms with Crippen molar-refractivity contribution in [3.8, 4) is 11.5 Å². The second-order valence-electron chi connectivity index (χ2n) is 9.43. The zero-order valence-corrected chi connectivity index (χ0v) is 23.6. The number of hydrogen-bond donors (Lipinski definition) is 1. The molecule has 0 atom stereocenters. The third-order valence-corrected chi connectivity index (χ3v) is 8.69. The van der Waals surface area contributed by atoms with Crippen LogP contribution in [0, 0.1) is 12.9 Å². The molecule has 1 N–H and O–H groups in total. The van der Waals surface area contributed by atoms with E-state index in [1.165, 1.54) is 43.5 Å². The van der Waals surface area contributed by atoms with E-state index < -0.39 is 22.1 Å². The summed E-state index contributed by atoms with van der Waals surface area (Å²) in [5.41, 5.74) is 1.92. The number of sulfonamides is 1. The number of rotatable bonds is 9. The largest absolute Gasteiger partial charge is 0.497 e. The molecule has 0 spiro atoms. The molecule has 0 saturated carbocycles. The molecular weight excluding hydrogens is 541 g/mol. The number of nitrogens with zero attached hydrogens (tertiary/aromatic N) is 5. The quantitative estimate of drug-likeness (QED) is 0.379. The van der Waals surface area contributed by atoms with Crippen LogP contribution in [0.2, 0.25) is 0 Å². The molecule has 1 amide bonds. The fraction of sp³-hybridized carbons (Fsp3) is 0.370. The number of carboxylic acid groups (broad SMARTS) is 1. The Morgan fingerprint density at radius 1 is 1.15 bits per heavy atom. The average molecular weight is 574 g/mol. The summed E-state index contributed by atoms with van der Waals surface area (Å²) >= 11 is 0. The van der Waals surface area contributed by atoms with Crippen LogP contribution >= 0.6 is 0 Å². The number of anilines is 2. The summed E-state index contributed by atoms with van der Waals surface area (Å²) in [6, 6.07) is 10.5. The maximum absolute atomic E-state index is 14.1. The van der Waals surface area contributed by atoms with Crippen LogP contribution in [0.3, 0.4) is 0 Å². The lowest BCUT2D eigenvalue weighted by atomic mass is 10.0. The minimum absolute atomic E-state index is 0.0779. The maximum Gasteiger partial charge on any atom is 0.407 e. The molecule has 4 rings (SSSR count). The lowest BCUT2D eigenvalue weighted by molar-refractivity contribution is 0.132. The number of hydrogen-bond acceptors (Lipinski definition) is 8. The molecule has 1 aliphatic rings. The van der Waals surface area contributed by atoms with Gasteiger partial charge in [-0.2, -0.15) is 12.8 Å². The van der Waals surface area contributed by atoms with E-state index >= 15 is 0 Å². The Balaban J connectivity index is 1.67. The summed E-state index contributed by atoms with van der Waals surface area (Å²) in [5, 5.41) is 9.00. The molecule has 11 nitrogen and oxygen atoms in total. The Kier molecular flexibility index (Phi) is 8.62. The standard InChI is InChI=1S/C27H32FN5O6S/c1-18-14-26(29-16-22(18)31(2)20-10-12-32(13-11-20)27(34)35)40(36,37)33(25-7-5-6-24(28)30-25)17-19-8-9-21(38-3)15-23(19)39-4/h5-9,14-16,20H,10-13,17H2,1-4H3,(H,34,35). The highest BCUT2D eigenvalue weighted by molar-refractivity contribution is 7.92. The predicted octanol–water partition coefficient (Wildman–Crippen LogP) is 3.92. The van der Waals surface area contributed by atoms with Gasteiger partial charge < -0.3 is 24.4 Å². The summed E-state index contributed by atoms with van der Waals surface area (Å²) in [6.45, 7) is 2.44. The van der Waals surface area contributed by atoms with Crippen LogP contribution in [-0.4, -0.2) is 74.9 Å². The Labute approximate surface area is 232 Å². The molecule has 3 aromatic rings. The molecule has 1 aliphatic heterocycles. The molecular formula is C27H32FN5O6S. The molecule has 13 heteroatoms. The smallest absolute Gasteiger partial charge is 0.407 e. The first-order chi connectivity index (χ1) is 19.0. The van der Waals surface area contributed by atoms with Gasteiger partial charge in [-0.15, -0.1) is 0 Å². The highest BCUT2D eigenvalue weighted by atomic mass is 32.2. The Bertz CT molecular complexity index is 1480. The minimum atomic E-state index is -4.30. The molecule has 1 fully saturated rings. The number of benzene rings is 1. The van der Waals surface area contributed by atoms with Gasteiger partial charge in [0.25, 0.3) is 10.0 Å². The molecule has 0 radical (unpaired) electrons. The molecule has 0 unspecified atom stereocenters. The van der Waals surface area contributed by atoms with Crippen molar-refractivity contribution in [1.82, 2.24) is 14.9 Å². The predicted molar refractivity (Wildman–Crippen MR) is 147 cm³/mol. The zero-order chi connectivity index (χ0) is 29.0. The van der Waals surface area contributed by atoms with Crippen LogP contribution in [0.4, 0.5) is 20.7 Å². The van der Waals surface area contributed by atoms with Crippen molar-refractivity contribution in [2.24, 2.45) is 0 Å². The van der Waals surface area contributed by atoms with Crippen LogP contribution in [0.5, 0.6) is 11.5 Å². The van der Waals surface area contributed by atoms with Gasteiger partial charge >= 0.3 is 6.09 Å². The van der Waals surface area contributed by atoms with E-state index in [0.29, 0.717) is 48.6 Å². The van der Waals surface area contributed by atoms with Crippen molar-refractivity contribution in [2.45, 2.75) is 37.4 Å². The van der Waals surface area contributed by atoms with E-state index in [1.54, 1.807) is 25.1 Å². The van der Waals surface area contributed by atoms with Crippen LogP contribution in [0.15, 0.2) is 53.7 Å². The number of ether oxygens (including phenoxy) is 2. The number of likely N-dealkylation sites (tertiary alicyclic amines) is 1. The number of halogens is 1. The minimum Gasteiger partial charge on any atom is -0.497 e. The first-order valence-corrected chi connectivity index (χ1v) is 14.0. The van der Waals surface area contributed by atoms with E-state index in [0.717, 1.165) is 16.1 Å². The molecule has 2 aromatic heterocycles. The SMILES string of the molecule is COc1ccc(CN(c2cccc(F)n2)S(=O)(=O)c2cc(C)c(N(C)C3CCN(C(=O)O)CC3)cn2)c(OC)c1.